The van der Waals surface area contributed by atoms with E-state index in [1.54, 1.807) is 0 Å². The maximum absolute atomic E-state index is 5.92. The van der Waals surface area contributed by atoms with Crippen molar-refractivity contribution in [2.45, 2.75) is 24.8 Å². The zero-order valence-corrected chi connectivity index (χ0v) is 13.2. The number of hydrogen-bond donors (Lipinski definition) is 1. The molecule has 4 atom stereocenters. The summed E-state index contributed by atoms with van der Waals surface area (Å²) in [7, 11) is 2.08. The zero-order chi connectivity index (χ0) is 15.1. The molecule has 2 N–H and O–H groups in total. The van der Waals surface area contributed by atoms with Crippen LogP contribution in [0, 0.1) is 5.92 Å². The third-order valence-corrected chi connectivity index (χ3v) is 5.52. The van der Waals surface area contributed by atoms with E-state index in [0.717, 1.165) is 24.7 Å². The molecule has 0 spiro atoms. The fourth-order valence-corrected chi connectivity index (χ4v) is 4.30. The average Bonchev–Trinajstić information content (AvgIpc) is 2.97. The van der Waals surface area contributed by atoms with Crippen molar-refractivity contribution in [3.63, 3.8) is 0 Å². The summed E-state index contributed by atoms with van der Waals surface area (Å²) in [5.74, 6) is 1.36. The van der Waals surface area contributed by atoms with E-state index in [-0.39, 0.29) is 0 Å². The number of aryl methyl sites for hydroxylation is 1. The van der Waals surface area contributed by atoms with E-state index in [9.17, 15) is 0 Å². The summed E-state index contributed by atoms with van der Waals surface area (Å²) >= 11 is 0. The van der Waals surface area contributed by atoms with Gasteiger partial charge in [-0.1, -0.05) is 30.3 Å². The topological polar surface area (TPSA) is 47.1 Å². The van der Waals surface area contributed by atoms with Gasteiger partial charge in [0, 0.05) is 43.4 Å². The number of aromatic nitrogens is 2. The van der Waals surface area contributed by atoms with Crippen molar-refractivity contribution in [3.8, 4) is 11.3 Å². The minimum Gasteiger partial charge on any atom is -0.329 e. The highest BCUT2D eigenvalue weighted by atomic mass is 15.3. The Bertz CT molecular complexity index is 648. The van der Waals surface area contributed by atoms with Crippen LogP contribution in [0.5, 0.6) is 0 Å². The molecule has 2 bridgehead atoms. The number of fused-ring (bicyclic) bond motifs is 3. The highest BCUT2D eigenvalue weighted by Gasteiger charge is 2.41. The van der Waals surface area contributed by atoms with Crippen LogP contribution in [0.4, 0.5) is 0 Å². The molecule has 0 radical (unpaired) electrons. The van der Waals surface area contributed by atoms with E-state index < -0.39 is 0 Å². The van der Waals surface area contributed by atoms with Gasteiger partial charge in [-0.15, -0.1) is 0 Å². The standard InChI is InChI=1S/C18H24N4/c1-21-18(10-17(20-21)13-5-3-2-4-6-13)16-12-22-8-7-14(16)9-15(22)11-19/h2-6,10,14-16H,7-9,11-12,19H2,1H3. The third kappa shape index (κ3) is 2.27. The molecule has 2 aromatic rings. The van der Waals surface area contributed by atoms with Crippen molar-refractivity contribution in [2.24, 2.45) is 18.7 Å². The Hall–Kier alpha value is -1.65. The van der Waals surface area contributed by atoms with Gasteiger partial charge in [-0.05, 0) is 31.4 Å². The molecule has 0 saturated carbocycles. The fourth-order valence-electron chi connectivity index (χ4n) is 4.30. The van der Waals surface area contributed by atoms with Gasteiger partial charge in [0.1, 0.15) is 0 Å². The highest BCUT2D eigenvalue weighted by Crippen LogP contribution is 2.42. The Kier molecular flexibility index (Phi) is 3.51. The van der Waals surface area contributed by atoms with Crippen molar-refractivity contribution < 1.29 is 0 Å². The minimum atomic E-state index is 0.594. The molecule has 3 aliphatic heterocycles. The summed E-state index contributed by atoms with van der Waals surface area (Å²) in [4.78, 5) is 2.58. The number of nitrogens with zero attached hydrogens (tertiary/aromatic N) is 3. The number of piperidine rings is 3. The van der Waals surface area contributed by atoms with Crippen LogP contribution < -0.4 is 5.73 Å². The van der Waals surface area contributed by atoms with Gasteiger partial charge in [0.25, 0.3) is 0 Å². The number of rotatable bonds is 3. The van der Waals surface area contributed by atoms with Crippen LogP contribution in [0.3, 0.4) is 0 Å². The first kappa shape index (κ1) is 14.0. The summed E-state index contributed by atoms with van der Waals surface area (Å²) in [6.07, 6.45) is 2.54. The first-order chi connectivity index (χ1) is 10.8. The van der Waals surface area contributed by atoms with Crippen molar-refractivity contribution in [3.05, 3.63) is 42.1 Å². The quantitative estimate of drug-likeness (QED) is 0.945. The van der Waals surface area contributed by atoms with Crippen LogP contribution in [-0.4, -0.2) is 40.4 Å². The van der Waals surface area contributed by atoms with E-state index >= 15 is 0 Å². The SMILES string of the molecule is Cn1nc(-c2ccccc2)cc1C1CN2CCC1CC2CN. The lowest BCUT2D eigenvalue weighted by molar-refractivity contribution is 0.0322. The predicted molar refractivity (Wildman–Crippen MR) is 88.5 cm³/mol. The minimum absolute atomic E-state index is 0.594. The lowest BCUT2D eigenvalue weighted by Gasteiger charge is -2.49. The van der Waals surface area contributed by atoms with Gasteiger partial charge in [-0.25, -0.2) is 0 Å². The van der Waals surface area contributed by atoms with Gasteiger partial charge >= 0.3 is 0 Å². The van der Waals surface area contributed by atoms with E-state index in [1.807, 2.05) is 6.07 Å². The Labute approximate surface area is 131 Å². The normalized spacial score (nSPS) is 30.6. The first-order valence-corrected chi connectivity index (χ1v) is 8.29. The van der Waals surface area contributed by atoms with E-state index in [0.29, 0.717) is 12.0 Å². The van der Waals surface area contributed by atoms with Gasteiger partial charge in [0.15, 0.2) is 0 Å². The first-order valence-electron chi connectivity index (χ1n) is 8.29. The molecule has 1 aromatic carbocycles. The molecule has 22 heavy (non-hydrogen) atoms. The maximum Gasteiger partial charge on any atom is 0.0926 e. The third-order valence-electron chi connectivity index (χ3n) is 5.52. The van der Waals surface area contributed by atoms with Crippen LogP contribution in [0.2, 0.25) is 0 Å². The summed E-state index contributed by atoms with van der Waals surface area (Å²) in [6, 6.07) is 13.3. The molecule has 4 heteroatoms. The number of nitrogens with two attached hydrogens (primary N) is 1. The van der Waals surface area contributed by atoms with Gasteiger partial charge in [0.2, 0.25) is 0 Å². The van der Waals surface area contributed by atoms with Crippen LogP contribution in [0.25, 0.3) is 11.3 Å². The molecule has 0 aliphatic carbocycles. The molecule has 116 valence electrons. The molecular formula is C18H24N4. The Morgan fingerprint density at radius 3 is 2.77 bits per heavy atom. The summed E-state index contributed by atoms with van der Waals surface area (Å²) in [5.41, 5.74) is 9.59. The molecule has 3 fully saturated rings. The average molecular weight is 296 g/mol. The zero-order valence-electron chi connectivity index (χ0n) is 13.2. The van der Waals surface area contributed by atoms with Crippen LogP contribution in [0.1, 0.15) is 24.5 Å². The highest BCUT2D eigenvalue weighted by molar-refractivity contribution is 5.59. The molecule has 1 aromatic heterocycles. The molecule has 0 amide bonds. The second-order valence-electron chi connectivity index (χ2n) is 6.72. The summed E-state index contributed by atoms with van der Waals surface area (Å²) in [6.45, 7) is 3.15. The van der Waals surface area contributed by atoms with Crippen LogP contribution >= 0.6 is 0 Å². The molecule has 4 heterocycles. The second kappa shape index (κ2) is 5.52. The van der Waals surface area contributed by atoms with Crippen molar-refractivity contribution in [1.29, 1.82) is 0 Å². The monoisotopic (exact) mass is 296 g/mol. The molecule has 4 unspecified atom stereocenters. The molecule has 3 aliphatic rings. The lowest BCUT2D eigenvalue weighted by atomic mass is 9.74. The smallest absolute Gasteiger partial charge is 0.0926 e. The van der Waals surface area contributed by atoms with E-state index in [2.05, 4.69) is 47.0 Å². The predicted octanol–water partition coefficient (Wildman–Crippen LogP) is 2.22. The van der Waals surface area contributed by atoms with Gasteiger partial charge in [-0.3, -0.25) is 9.58 Å². The van der Waals surface area contributed by atoms with Crippen molar-refractivity contribution >= 4 is 0 Å². The molecule has 3 saturated heterocycles. The number of hydrogen-bond acceptors (Lipinski definition) is 3. The van der Waals surface area contributed by atoms with Gasteiger partial charge in [0.05, 0.1) is 5.69 Å². The molecule has 5 rings (SSSR count). The maximum atomic E-state index is 5.92. The largest absolute Gasteiger partial charge is 0.329 e. The Morgan fingerprint density at radius 2 is 2.09 bits per heavy atom. The van der Waals surface area contributed by atoms with Crippen molar-refractivity contribution in [1.82, 2.24) is 14.7 Å². The van der Waals surface area contributed by atoms with Gasteiger partial charge in [-0.2, -0.15) is 5.10 Å². The number of benzene rings is 1. The van der Waals surface area contributed by atoms with E-state index in [4.69, 9.17) is 10.8 Å². The summed E-state index contributed by atoms with van der Waals surface area (Å²) < 4.78 is 2.09. The van der Waals surface area contributed by atoms with Gasteiger partial charge < -0.3 is 5.73 Å². The lowest BCUT2D eigenvalue weighted by Crippen LogP contribution is -2.55. The van der Waals surface area contributed by atoms with Crippen LogP contribution in [0.15, 0.2) is 36.4 Å². The Balaban J connectivity index is 1.63. The molecular weight excluding hydrogens is 272 g/mol. The van der Waals surface area contributed by atoms with Crippen LogP contribution in [-0.2, 0) is 7.05 Å². The molecule has 4 nitrogen and oxygen atoms in total. The Morgan fingerprint density at radius 1 is 1.27 bits per heavy atom. The van der Waals surface area contributed by atoms with Crippen molar-refractivity contribution in [2.75, 3.05) is 19.6 Å². The fraction of sp³-hybridized carbons (Fsp3) is 0.500. The second-order valence-corrected chi connectivity index (χ2v) is 6.72. The summed E-state index contributed by atoms with van der Waals surface area (Å²) in [5, 5.41) is 4.75. The van der Waals surface area contributed by atoms with E-state index in [1.165, 1.54) is 30.6 Å².